The number of fused-ring (bicyclic) bond motifs is 6. The first-order valence-corrected chi connectivity index (χ1v) is 13.7. The molecule has 0 saturated carbocycles. The van der Waals surface area contributed by atoms with Gasteiger partial charge < -0.3 is 38.8 Å². The van der Waals surface area contributed by atoms with Crippen LogP contribution >= 0.6 is 0 Å². The number of carbonyl (C=O) groups is 2. The number of aromatic nitrogens is 2. The number of esters is 1. The predicted octanol–water partition coefficient (Wildman–Crippen LogP) is 1.87. The molecule has 2 aromatic heterocycles. The van der Waals surface area contributed by atoms with Crippen LogP contribution in [-0.2, 0) is 39.5 Å². The van der Waals surface area contributed by atoms with Gasteiger partial charge in [-0.1, -0.05) is 0 Å². The smallest absolute Gasteiger partial charge is 0.407 e. The van der Waals surface area contributed by atoms with Crippen LogP contribution in [0.15, 0.2) is 23.0 Å². The van der Waals surface area contributed by atoms with Crippen LogP contribution in [0.25, 0.3) is 22.3 Å². The van der Waals surface area contributed by atoms with Crippen LogP contribution in [-0.4, -0.2) is 72.0 Å². The predicted molar refractivity (Wildman–Crippen MR) is 151 cm³/mol. The van der Waals surface area contributed by atoms with Gasteiger partial charge in [0.2, 0.25) is 6.79 Å². The SMILES string of the molecule is [B][C@@]1(O)C(=O)OCc2c1cc1n(c2=O)Cc2c-1nc1cc3c(cc1c2CN(C)CCCNC(=O)OC(C)(C)C)OCO3. The lowest BCUT2D eigenvalue weighted by molar-refractivity contribution is -0.162. The number of aliphatic hydroxyl groups is 1. The molecule has 3 aromatic rings. The van der Waals surface area contributed by atoms with E-state index in [-0.39, 0.29) is 31.1 Å². The van der Waals surface area contributed by atoms with Gasteiger partial charge in [0.15, 0.2) is 11.5 Å². The van der Waals surface area contributed by atoms with Gasteiger partial charge in [-0.2, -0.15) is 0 Å². The van der Waals surface area contributed by atoms with Crippen molar-refractivity contribution in [3.63, 3.8) is 0 Å². The summed E-state index contributed by atoms with van der Waals surface area (Å²) in [5, 5.41) is 14.3. The highest BCUT2D eigenvalue weighted by atomic mass is 16.7. The van der Waals surface area contributed by atoms with Crippen molar-refractivity contribution in [3.05, 3.63) is 50.8 Å². The lowest BCUT2D eigenvalue weighted by Gasteiger charge is -2.30. The maximum atomic E-state index is 13.6. The summed E-state index contributed by atoms with van der Waals surface area (Å²) in [6, 6.07) is 5.27. The molecule has 218 valence electrons. The topological polar surface area (TPSA) is 141 Å². The first-order chi connectivity index (χ1) is 19.8. The normalized spacial score (nSPS) is 18.5. The highest BCUT2D eigenvalue weighted by Gasteiger charge is 2.42. The molecule has 6 rings (SSSR count). The van der Waals surface area contributed by atoms with Crippen LogP contribution in [0.1, 0.15) is 49.4 Å². The fraction of sp³-hybridized carbons (Fsp3) is 0.448. The molecule has 0 unspecified atom stereocenters. The molecule has 3 aliphatic rings. The van der Waals surface area contributed by atoms with Crippen LogP contribution in [0.3, 0.4) is 0 Å². The summed E-state index contributed by atoms with van der Waals surface area (Å²) in [7, 11) is 7.89. The number of hydrogen-bond acceptors (Lipinski definition) is 10. The van der Waals surface area contributed by atoms with Gasteiger partial charge in [-0.05, 0) is 64.0 Å². The number of nitrogens with zero attached hydrogens (tertiary/aromatic N) is 3. The summed E-state index contributed by atoms with van der Waals surface area (Å²) in [6.07, 6.45) is 0.226. The van der Waals surface area contributed by atoms with Crippen LogP contribution in [0.2, 0.25) is 0 Å². The van der Waals surface area contributed by atoms with Crippen molar-refractivity contribution in [1.29, 1.82) is 0 Å². The molecule has 0 fully saturated rings. The Bertz CT molecular complexity index is 1690. The second-order valence-electron chi connectivity index (χ2n) is 11.8. The number of ether oxygens (including phenoxy) is 4. The average molecular weight is 574 g/mol. The number of rotatable bonds is 6. The number of hydrogen-bond donors (Lipinski definition) is 2. The van der Waals surface area contributed by atoms with Crippen molar-refractivity contribution in [2.24, 2.45) is 0 Å². The molecule has 12 nitrogen and oxygen atoms in total. The summed E-state index contributed by atoms with van der Waals surface area (Å²) in [5.41, 5.74) is 0.205. The number of carbonyl (C=O) groups excluding carboxylic acids is 2. The Morgan fingerprint density at radius 2 is 1.93 bits per heavy atom. The van der Waals surface area contributed by atoms with Gasteiger partial charge in [0.05, 0.1) is 29.0 Å². The van der Waals surface area contributed by atoms with E-state index in [0.717, 1.165) is 16.5 Å². The van der Waals surface area contributed by atoms with Crippen molar-refractivity contribution in [2.45, 2.75) is 58.0 Å². The van der Waals surface area contributed by atoms with Crippen LogP contribution < -0.4 is 20.3 Å². The molecular formula is C29H31BN4O8. The number of cyclic esters (lactones) is 1. The van der Waals surface area contributed by atoms with Gasteiger partial charge in [0.1, 0.15) is 25.6 Å². The highest BCUT2D eigenvalue weighted by molar-refractivity contribution is 6.26. The molecular weight excluding hydrogens is 543 g/mol. The van der Waals surface area contributed by atoms with Gasteiger partial charge >= 0.3 is 12.1 Å². The van der Waals surface area contributed by atoms with Crippen molar-refractivity contribution in [3.8, 4) is 22.9 Å². The third-order valence-corrected chi connectivity index (χ3v) is 7.54. The Kier molecular flexibility index (Phi) is 6.69. The molecule has 3 aliphatic heterocycles. The summed E-state index contributed by atoms with van der Waals surface area (Å²) in [4.78, 5) is 44.8. The van der Waals surface area contributed by atoms with Gasteiger partial charge in [-0.15, -0.1) is 0 Å². The van der Waals surface area contributed by atoms with Crippen molar-refractivity contribution >= 4 is 30.8 Å². The Morgan fingerprint density at radius 3 is 2.67 bits per heavy atom. The number of alkyl carbamates (subject to hydrolysis) is 1. The summed E-state index contributed by atoms with van der Waals surface area (Å²) >= 11 is 0. The second-order valence-corrected chi connectivity index (χ2v) is 11.8. The number of benzene rings is 1. The Labute approximate surface area is 242 Å². The summed E-state index contributed by atoms with van der Waals surface area (Å²) in [5.74, 6) is 0.171. The van der Waals surface area contributed by atoms with Crippen molar-refractivity contribution < 1.29 is 33.6 Å². The standard InChI is InChI=1S/C29H31BN4O8/c1-28(2,3)42-27(37)31-6-5-7-33(4)11-16-15-8-22-23(41-14-40-22)10-20(15)32-24-17(16)12-34-21(24)9-19-18(25(34)35)13-39-26(36)29(19,30)38/h8-10,38H,5-7,11-14H2,1-4H3,(H,31,37)/t29-/m0/s1. The molecule has 1 atom stereocenters. The van der Waals surface area contributed by atoms with Gasteiger partial charge in [-0.25, -0.2) is 14.6 Å². The van der Waals surface area contributed by atoms with Gasteiger partial charge in [0, 0.05) is 30.1 Å². The minimum Gasteiger partial charge on any atom is -0.459 e. The molecule has 42 heavy (non-hydrogen) atoms. The van der Waals surface area contributed by atoms with Crippen LogP contribution in [0.5, 0.6) is 11.5 Å². The lowest BCUT2D eigenvalue weighted by Crippen LogP contribution is -2.45. The molecule has 0 aliphatic carbocycles. The zero-order valence-corrected chi connectivity index (χ0v) is 23.9. The van der Waals surface area contributed by atoms with Gasteiger partial charge in [-0.3, -0.25) is 4.79 Å². The van der Waals surface area contributed by atoms with E-state index in [1.807, 2.05) is 40.0 Å². The molecule has 0 spiro atoms. The maximum absolute atomic E-state index is 13.6. The van der Waals surface area contributed by atoms with E-state index in [2.05, 4.69) is 10.2 Å². The molecule has 2 radical (unpaired) electrons. The fourth-order valence-corrected chi connectivity index (χ4v) is 5.56. The van der Waals surface area contributed by atoms with E-state index >= 15 is 0 Å². The first-order valence-electron chi connectivity index (χ1n) is 13.7. The third kappa shape index (κ3) is 4.86. The molecule has 1 amide bonds. The Balaban J connectivity index is 1.34. The van der Waals surface area contributed by atoms with Gasteiger partial charge in [0.25, 0.3) is 5.56 Å². The zero-order chi connectivity index (χ0) is 30.0. The molecule has 0 saturated heterocycles. The monoisotopic (exact) mass is 574 g/mol. The van der Waals surface area contributed by atoms with Crippen molar-refractivity contribution in [2.75, 3.05) is 26.9 Å². The molecule has 2 N–H and O–H groups in total. The van der Waals surface area contributed by atoms with E-state index in [1.165, 1.54) is 0 Å². The quantitative estimate of drug-likeness (QED) is 0.199. The molecule has 0 bridgehead atoms. The minimum atomic E-state index is -2.44. The van der Waals surface area contributed by atoms with E-state index in [0.29, 0.717) is 54.5 Å². The minimum absolute atomic E-state index is 0.0200. The molecule has 5 heterocycles. The van der Waals surface area contributed by atoms with E-state index < -0.39 is 28.7 Å². The maximum Gasteiger partial charge on any atom is 0.407 e. The Morgan fingerprint density at radius 1 is 1.19 bits per heavy atom. The van der Waals surface area contributed by atoms with Crippen LogP contribution in [0.4, 0.5) is 4.79 Å². The highest BCUT2D eigenvalue weighted by Crippen LogP contribution is 2.42. The number of amides is 1. The summed E-state index contributed by atoms with van der Waals surface area (Å²) < 4.78 is 23.1. The van der Waals surface area contributed by atoms with E-state index in [9.17, 15) is 19.5 Å². The van der Waals surface area contributed by atoms with Crippen LogP contribution in [0, 0.1) is 0 Å². The largest absolute Gasteiger partial charge is 0.459 e. The fourth-order valence-electron chi connectivity index (χ4n) is 5.56. The van der Waals surface area contributed by atoms with E-state index in [4.69, 9.17) is 31.8 Å². The number of pyridine rings is 2. The second kappa shape index (κ2) is 10.0. The first kappa shape index (κ1) is 28.0. The van der Waals surface area contributed by atoms with Crippen molar-refractivity contribution in [1.82, 2.24) is 19.8 Å². The lowest BCUT2D eigenvalue weighted by atomic mass is 9.73. The molecule has 1 aromatic carbocycles. The molecule has 13 heteroatoms. The summed E-state index contributed by atoms with van der Waals surface area (Å²) in [6.45, 7) is 7.16. The Hall–Kier alpha value is -4.10. The number of nitrogens with one attached hydrogen (secondary N) is 1. The van der Waals surface area contributed by atoms with E-state index in [1.54, 1.807) is 10.6 Å². The zero-order valence-electron chi connectivity index (χ0n) is 23.9. The third-order valence-electron chi connectivity index (χ3n) is 7.54. The average Bonchev–Trinajstić information content (AvgIpc) is 3.51.